The van der Waals surface area contributed by atoms with Gasteiger partial charge in [0.15, 0.2) is 0 Å². The van der Waals surface area contributed by atoms with Gasteiger partial charge in [-0.15, -0.1) is 0 Å². The smallest absolute Gasteiger partial charge is 0.125 e. The standard InChI is InChI=1S/C18H14FN/c19-13-7-9-15(17(20)10-13)14-8-6-12-5-4-11-2-1-3-16(14)18(11)12/h1-3,6-10H,4-5,20H2. The molecule has 4 rings (SSSR count). The average Bonchev–Trinajstić information content (AvgIpc) is 2.86. The zero-order chi connectivity index (χ0) is 13.7. The van der Waals surface area contributed by atoms with Crippen molar-refractivity contribution in [2.24, 2.45) is 0 Å². The van der Waals surface area contributed by atoms with Crippen LogP contribution in [0.3, 0.4) is 0 Å². The molecule has 0 radical (unpaired) electrons. The Labute approximate surface area is 116 Å². The summed E-state index contributed by atoms with van der Waals surface area (Å²) in [5.41, 5.74) is 11.3. The van der Waals surface area contributed by atoms with Crippen molar-refractivity contribution in [3.8, 4) is 11.1 Å². The van der Waals surface area contributed by atoms with E-state index in [1.165, 1.54) is 34.0 Å². The topological polar surface area (TPSA) is 26.0 Å². The van der Waals surface area contributed by atoms with Crippen molar-refractivity contribution in [3.05, 3.63) is 65.5 Å². The number of anilines is 1. The molecular formula is C18H14FN. The Kier molecular flexibility index (Phi) is 2.34. The number of hydrogen-bond acceptors (Lipinski definition) is 1. The third-order valence-electron chi connectivity index (χ3n) is 4.18. The lowest BCUT2D eigenvalue weighted by Crippen LogP contribution is -1.92. The number of rotatable bonds is 1. The molecule has 0 amide bonds. The number of hydrogen-bond donors (Lipinski definition) is 1. The van der Waals surface area contributed by atoms with Gasteiger partial charge in [-0.25, -0.2) is 4.39 Å². The fourth-order valence-corrected chi connectivity index (χ4v) is 3.26. The van der Waals surface area contributed by atoms with Crippen LogP contribution < -0.4 is 5.73 Å². The van der Waals surface area contributed by atoms with E-state index in [9.17, 15) is 4.39 Å². The zero-order valence-electron chi connectivity index (χ0n) is 11.0. The number of nitrogen functional groups attached to an aromatic ring is 1. The van der Waals surface area contributed by atoms with Gasteiger partial charge in [0.25, 0.3) is 0 Å². The molecular weight excluding hydrogens is 249 g/mol. The maximum Gasteiger partial charge on any atom is 0.125 e. The van der Waals surface area contributed by atoms with Crippen LogP contribution in [0, 0.1) is 5.82 Å². The summed E-state index contributed by atoms with van der Waals surface area (Å²) >= 11 is 0. The molecule has 98 valence electrons. The van der Waals surface area contributed by atoms with E-state index in [2.05, 4.69) is 30.3 Å². The van der Waals surface area contributed by atoms with E-state index in [1.807, 2.05) is 0 Å². The zero-order valence-corrected chi connectivity index (χ0v) is 11.0. The predicted octanol–water partition coefficient (Wildman–Crippen LogP) is 4.33. The molecule has 3 aromatic rings. The van der Waals surface area contributed by atoms with Crippen molar-refractivity contribution in [1.82, 2.24) is 0 Å². The van der Waals surface area contributed by atoms with Crippen molar-refractivity contribution in [3.63, 3.8) is 0 Å². The summed E-state index contributed by atoms with van der Waals surface area (Å²) < 4.78 is 13.2. The lowest BCUT2D eigenvalue weighted by Gasteiger charge is -2.11. The van der Waals surface area contributed by atoms with E-state index in [4.69, 9.17) is 5.73 Å². The normalized spacial score (nSPS) is 13.1. The number of halogens is 1. The Morgan fingerprint density at radius 2 is 1.60 bits per heavy atom. The Balaban J connectivity index is 2.06. The Bertz CT molecular complexity index is 826. The monoisotopic (exact) mass is 263 g/mol. The van der Waals surface area contributed by atoms with E-state index >= 15 is 0 Å². The second-order valence-corrected chi connectivity index (χ2v) is 5.34. The van der Waals surface area contributed by atoms with Crippen LogP contribution in [0.5, 0.6) is 0 Å². The fourth-order valence-electron chi connectivity index (χ4n) is 3.26. The van der Waals surface area contributed by atoms with Crippen LogP contribution in [0.1, 0.15) is 11.1 Å². The SMILES string of the molecule is Nc1cc(F)ccc1-c1ccc2c3c(cccc13)CC2. The minimum absolute atomic E-state index is 0.294. The maximum absolute atomic E-state index is 13.2. The van der Waals surface area contributed by atoms with Crippen molar-refractivity contribution in [2.45, 2.75) is 12.8 Å². The molecule has 1 aliphatic carbocycles. The van der Waals surface area contributed by atoms with Gasteiger partial charge in [0.1, 0.15) is 5.82 Å². The number of nitrogens with two attached hydrogens (primary N) is 1. The third-order valence-corrected chi connectivity index (χ3v) is 4.18. The van der Waals surface area contributed by atoms with E-state index in [1.54, 1.807) is 6.07 Å². The molecule has 1 aliphatic rings. The highest BCUT2D eigenvalue weighted by Crippen LogP contribution is 2.38. The van der Waals surface area contributed by atoms with Crippen molar-refractivity contribution in [2.75, 3.05) is 5.73 Å². The molecule has 0 unspecified atom stereocenters. The lowest BCUT2D eigenvalue weighted by atomic mass is 9.94. The van der Waals surface area contributed by atoms with Gasteiger partial charge in [-0.2, -0.15) is 0 Å². The summed E-state index contributed by atoms with van der Waals surface area (Å²) in [4.78, 5) is 0. The summed E-state index contributed by atoms with van der Waals surface area (Å²) in [6.45, 7) is 0. The van der Waals surface area contributed by atoms with Crippen LogP contribution in [0.15, 0.2) is 48.5 Å². The summed E-state index contributed by atoms with van der Waals surface area (Å²) in [7, 11) is 0. The molecule has 0 fully saturated rings. The molecule has 3 aromatic carbocycles. The van der Waals surface area contributed by atoms with Gasteiger partial charge >= 0.3 is 0 Å². The van der Waals surface area contributed by atoms with Crippen LogP contribution >= 0.6 is 0 Å². The lowest BCUT2D eigenvalue weighted by molar-refractivity contribution is 0.628. The minimum atomic E-state index is -0.294. The fraction of sp³-hybridized carbons (Fsp3) is 0.111. The molecule has 0 heterocycles. The van der Waals surface area contributed by atoms with Crippen LogP contribution in [0.4, 0.5) is 10.1 Å². The summed E-state index contributed by atoms with van der Waals surface area (Å²) in [5, 5.41) is 2.57. The highest BCUT2D eigenvalue weighted by Gasteiger charge is 2.17. The van der Waals surface area contributed by atoms with Crippen LogP contribution in [0.2, 0.25) is 0 Å². The second kappa shape index (κ2) is 4.07. The molecule has 0 aliphatic heterocycles. The summed E-state index contributed by atoms with van der Waals surface area (Å²) in [6.07, 6.45) is 2.21. The van der Waals surface area contributed by atoms with Crippen LogP contribution in [0.25, 0.3) is 21.9 Å². The third kappa shape index (κ3) is 1.54. The molecule has 0 saturated carbocycles. The van der Waals surface area contributed by atoms with Crippen molar-refractivity contribution in [1.29, 1.82) is 0 Å². The quantitative estimate of drug-likeness (QED) is 0.650. The van der Waals surface area contributed by atoms with E-state index < -0.39 is 0 Å². The van der Waals surface area contributed by atoms with Gasteiger partial charge in [-0.1, -0.05) is 30.3 Å². The predicted molar refractivity (Wildman–Crippen MR) is 81.2 cm³/mol. The molecule has 20 heavy (non-hydrogen) atoms. The average molecular weight is 263 g/mol. The van der Waals surface area contributed by atoms with Crippen molar-refractivity contribution < 1.29 is 4.39 Å². The molecule has 0 aromatic heterocycles. The van der Waals surface area contributed by atoms with E-state index in [-0.39, 0.29) is 5.82 Å². The molecule has 2 heteroatoms. The number of benzene rings is 3. The number of aryl methyl sites for hydroxylation is 2. The van der Waals surface area contributed by atoms with Crippen LogP contribution in [-0.4, -0.2) is 0 Å². The Hall–Kier alpha value is -2.35. The first kappa shape index (κ1) is 11.5. The van der Waals surface area contributed by atoms with E-state index in [0.717, 1.165) is 24.0 Å². The highest BCUT2D eigenvalue weighted by atomic mass is 19.1. The van der Waals surface area contributed by atoms with Gasteiger partial charge in [0, 0.05) is 11.3 Å². The molecule has 2 N–H and O–H groups in total. The minimum Gasteiger partial charge on any atom is -0.398 e. The van der Waals surface area contributed by atoms with Crippen LogP contribution in [-0.2, 0) is 12.8 Å². The Morgan fingerprint density at radius 1 is 0.850 bits per heavy atom. The van der Waals surface area contributed by atoms with Gasteiger partial charge in [-0.05, 0) is 58.5 Å². The maximum atomic E-state index is 13.2. The molecule has 0 saturated heterocycles. The van der Waals surface area contributed by atoms with Gasteiger partial charge < -0.3 is 5.73 Å². The summed E-state index contributed by atoms with van der Waals surface area (Å²) in [6, 6.07) is 15.3. The molecule has 1 nitrogen and oxygen atoms in total. The highest BCUT2D eigenvalue weighted by molar-refractivity contribution is 6.03. The van der Waals surface area contributed by atoms with Gasteiger partial charge in [0.05, 0.1) is 0 Å². The first-order valence-electron chi connectivity index (χ1n) is 6.83. The molecule has 0 bridgehead atoms. The first-order chi connectivity index (χ1) is 9.74. The second-order valence-electron chi connectivity index (χ2n) is 5.34. The van der Waals surface area contributed by atoms with Gasteiger partial charge in [0.2, 0.25) is 0 Å². The molecule has 0 atom stereocenters. The van der Waals surface area contributed by atoms with Crippen molar-refractivity contribution >= 4 is 16.5 Å². The largest absolute Gasteiger partial charge is 0.398 e. The first-order valence-corrected chi connectivity index (χ1v) is 6.83. The molecule has 0 spiro atoms. The van der Waals surface area contributed by atoms with Gasteiger partial charge in [-0.3, -0.25) is 0 Å². The summed E-state index contributed by atoms with van der Waals surface area (Å²) in [5.74, 6) is -0.294. The van der Waals surface area contributed by atoms with E-state index in [0.29, 0.717) is 5.69 Å². The Morgan fingerprint density at radius 3 is 2.40 bits per heavy atom.